The fourth-order valence-corrected chi connectivity index (χ4v) is 3.96. The number of pyridine rings is 1. The fourth-order valence-electron chi connectivity index (χ4n) is 3.96. The Morgan fingerprint density at radius 1 is 1.18 bits per heavy atom. The predicted molar refractivity (Wildman–Crippen MR) is 90.2 cm³/mol. The third kappa shape index (κ3) is 3.79. The lowest BCUT2D eigenvalue weighted by Gasteiger charge is -2.36. The van der Waals surface area contributed by atoms with E-state index in [1.807, 2.05) is 12.3 Å². The lowest BCUT2D eigenvalue weighted by Crippen LogP contribution is -2.43. The van der Waals surface area contributed by atoms with E-state index in [1.165, 1.54) is 51.0 Å². The highest BCUT2D eigenvalue weighted by molar-refractivity contribution is 5.09. The maximum Gasteiger partial charge on any atom is 0.247 e. The molecule has 1 N–H and O–H groups in total. The molecule has 122 valence electrons. The lowest BCUT2D eigenvalue weighted by molar-refractivity contribution is 0.129. The van der Waals surface area contributed by atoms with Gasteiger partial charge >= 0.3 is 0 Å². The second-order valence-electron chi connectivity index (χ2n) is 7.28. The SMILES string of the molecule is CC(C)N1CCC(N2CCC(Cc3ccc(=O)[nH]c3)CC2)C1. The van der Waals surface area contributed by atoms with Crippen molar-refractivity contribution in [2.24, 2.45) is 5.92 Å². The summed E-state index contributed by atoms with van der Waals surface area (Å²) in [6.07, 6.45) is 6.90. The Kier molecular flexibility index (Phi) is 4.99. The molecule has 1 aromatic heterocycles. The number of aromatic nitrogens is 1. The Labute approximate surface area is 133 Å². The quantitative estimate of drug-likeness (QED) is 0.926. The van der Waals surface area contributed by atoms with Gasteiger partial charge < -0.3 is 4.98 Å². The third-order valence-electron chi connectivity index (χ3n) is 5.46. The van der Waals surface area contributed by atoms with Crippen molar-refractivity contribution in [3.05, 3.63) is 34.2 Å². The lowest BCUT2D eigenvalue weighted by atomic mass is 9.90. The van der Waals surface area contributed by atoms with E-state index in [4.69, 9.17) is 0 Å². The van der Waals surface area contributed by atoms with Gasteiger partial charge in [0, 0.05) is 37.4 Å². The minimum absolute atomic E-state index is 0.00508. The molecule has 0 radical (unpaired) electrons. The summed E-state index contributed by atoms with van der Waals surface area (Å²) < 4.78 is 0. The first kappa shape index (κ1) is 15.8. The summed E-state index contributed by atoms with van der Waals surface area (Å²) in [7, 11) is 0. The molecular weight excluding hydrogens is 274 g/mol. The Bertz CT molecular complexity index is 511. The number of nitrogens with one attached hydrogen (secondary N) is 1. The van der Waals surface area contributed by atoms with E-state index in [9.17, 15) is 4.79 Å². The second-order valence-corrected chi connectivity index (χ2v) is 7.28. The fraction of sp³-hybridized carbons (Fsp3) is 0.722. The smallest absolute Gasteiger partial charge is 0.247 e. The molecule has 1 aromatic rings. The molecule has 2 fully saturated rings. The summed E-state index contributed by atoms with van der Waals surface area (Å²) in [6.45, 7) is 9.61. The number of likely N-dealkylation sites (tertiary alicyclic amines) is 2. The number of piperidine rings is 1. The molecule has 0 amide bonds. The summed E-state index contributed by atoms with van der Waals surface area (Å²) in [5.74, 6) is 0.768. The molecule has 0 saturated carbocycles. The number of hydrogen-bond acceptors (Lipinski definition) is 3. The largest absolute Gasteiger partial charge is 0.329 e. The van der Waals surface area contributed by atoms with Gasteiger partial charge in [-0.3, -0.25) is 14.6 Å². The van der Waals surface area contributed by atoms with Crippen LogP contribution in [0.1, 0.15) is 38.7 Å². The Balaban J connectivity index is 1.46. The van der Waals surface area contributed by atoms with Crippen LogP contribution in [0.25, 0.3) is 0 Å². The van der Waals surface area contributed by atoms with Gasteiger partial charge in [0.05, 0.1) is 0 Å². The molecule has 0 bridgehead atoms. The minimum atomic E-state index is -0.00508. The van der Waals surface area contributed by atoms with E-state index in [-0.39, 0.29) is 5.56 Å². The zero-order valence-corrected chi connectivity index (χ0v) is 13.9. The molecule has 2 aliphatic heterocycles. The maximum atomic E-state index is 11.1. The van der Waals surface area contributed by atoms with Crippen LogP contribution in [0.4, 0.5) is 0 Å². The van der Waals surface area contributed by atoms with Crippen molar-refractivity contribution in [2.45, 2.75) is 51.6 Å². The van der Waals surface area contributed by atoms with Crippen molar-refractivity contribution >= 4 is 0 Å². The first-order chi connectivity index (χ1) is 10.6. The summed E-state index contributed by atoms with van der Waals surface area (Å²) in [6, 6.07) is 5.07. The molecular formula is C18H29N3O. The molecule has 0 spiro atoms. The zero-order chi connectivity index (χ0) is 15.5. The van der Waals surface area contributed by atoms with E-state index < -0.39 is 0 Å². The normalized spacial score (nSPS) is 25.1. The van der Waals surface area contributed by atoms with E-state index >= 15 is 0 Å². The number of rotatable bonds is 4. The van der Waals surface area contributed by atoms with Crippen LogP contribution in [-0.4, -0.2) is 53.0 Å². The molecule has 4 nitrogen and oxygen atoms in total. The van der Waals surface area contributed by atoms with Crippen molar-refractivity contribution < 1.29 is 0 Å². The highest BCUT2D eigenvalue weighted by atomic mass is 16.1. The van der Waals surface area contributed by atoms with Crippen LogP contribution >= 0.6 is 0 Å². The Morgan fingerprint density at radius 3 is 2.55 bits per heavy atom. The molecule has 3 rings (SSSR count). The van der Waals surface area contributed by atoms with Crippen LogP contribution < -0.4 is 5.56 Å². The van der Waals surface area contributed by atoms with E-state index in [0.717, 1.165) is 18.4 Å². The topological polar surface area (TPSA) is 39.3 Å². The molecule has 22 heavy (non-hydrogen) atoms. The van der Waals surface area contributed by atoms with E-state index in [0.29, 0.717) is 6.04 Å². The first-order valence-electron chi connectivity index (χ1n) is 8.77. The maximum absolute atomic E-state index is 11.1. The monoisotopic (exact) mass is 303 g/mol. The van der Waals surface area contributed by atoms with Gasteiger partial charge in [0.1, 0.15) is 0 Å². The third-order valence-corrected chi connectivity index (χ3v) is 5.46. The van der Waals surface area contributed by atoms with Gasteiger partial charge in [-0.1, -0.05) is 6.07 Å². The molecule has 4 heteroatoms. The van der Waals surface area contributed by atoms with Gasteiger partial charge in [-0.15, -0.1) is 0 Å². The van der Waals surface area contributed by atoms with Crippen LogP contribution in [0.15, 0.2) is 23.1 Å². The van der Waals surface area contributed by atoms with E-state index in [1.54, 1.807) is 6.07 Å². The van der Waals surface area contributed by atoms with Crippen LogP contribution in [0.2, 0.25) is 0 Å². The van der Waals surface area contributed by atoms with Crippen molar-refractivity contribution in [1.82, 2.24) is 14.8 Å². The molecule has 1 unspecified atom stereocenters. The second kappa shape index (κ2) is 6.97. The number of nitrogens with zero attached hydrogens (tertiary/aromatic N) is 2. The molecule has 0 aliphatic carbocycles. The van der Waals surface area contributed by atoms with Crippen LogP contribution in [-0.2, 0) is 6.42 Å². The highest BCUT2D eigenvalue weighted by Crippen LogP contribution is 2.26. The van der Waals surface area contributed by atoms with Crippen LogP contribution in [0.3, 0.4) is 0 Å². The first-order valence-corrected chi connectivity index (χ1v) is 8.77. The summed E-state index contributed by atoms with van der Waals surface area (Å²) in [5.41, 5.74) is 1.26. The van der Waals surface area contributed by atoms with Gasteiger partial charge in [-0.2, -0.15) is 0 Å². The molecule has 1 atom stereocenters. The predicted octanol–water partition coefficient (Wildman–Crippen LogP) is 2.11. The van der Waals surface area contributed by atoms with Crippen molar-refractivity contribution in [3.8, 4) is 0 Å². The van der Waals surface area contributed by atoms with E-state index in [2.05, 4.69) is 28.6 Å². The van der Waals surface area contributed by atoms with Gasteiger partial charge in [0.25, 0.3) is 0 Å². The zero-order valence-electron chi connectivity index (χ0n) is 13.9. The number of aromatic amines is 1. The molecule has 3 heterocycles. The van der Waals surface area contributed by atoms with Crippen LogP contribution in [0.5, 0.6) is 0 Å². The number of hydrogen-bond donors (Lipinski definition) is 1. The van der Waals surface area contributed by atoms with Gasteiger partial charge in [-0.05, 0) is 64.1 Å². The van der Waals surface area contributed by atoms with Crippen LogP contribution in [0, 0.1) is 5.92 Å². The summed E-state index contributed by atoms with van der Waals surface area (Å²) in [4.78, 5) is 19.2. The van der Waals surface area contributed by atoms with Crippen molar-refractivity contribution in [3.63, 3.8) is 0 Å². The molecule has 0 aromatic carbocycles. The Hall–Kier alpha value is -1.13. The van der Waals surface area contributed by atoms with Crippen molar-refractivity contribution in [2.75, 3.05) is 26.2 Å². The average molecular weight is 303 g/mol. The van der Waals surface area contributed by atoms with Gasteiger partial charge in [-0.25, -0.2) is 0 Å². The van der Waals surface area contributed by atoms with Crippen molar-refractivity contribution in [1.29, 1.82) is 0 Å². The molecule has 2 aliphatic rings. The summed E-state index contributed by atoms with van der Waals surface area (Å²) >= 11 is 0. The number of H-pyrrole nitrogens is 1. The minimum Gasteiger partial charge on any atom is -0.329 e. The average Bonchev–Trinajstić information content (AvgIpc) is 3.00. The molecule has 2 saturated heterocycles. The highest BCUT2D eigenvalue weighted by Gasteiger charge is 2.31. The summed E-state index contributed by atoms with van der Waals surface area (Å²) in [5, 5.41) is 0. The standard InChI is InChI=1S/C18H29N3O/c1-14(2)21-10-7-17(13-21)20-8-5-15(6-9-20)11-16-3-4-18(22)19-12-16/h3-4,12,14-15,17H,5-11,13H2,1-2H3,(H,19,22). The van der Waals surface area contributed by atoms with Gasteiger partial charge in [0.15, 0.2) is 0 Å². The Morgan fingerprint density at radius 2 is 1.95 bits per heavy atom. The van der Waals surface area contributed by atoms with Gasteiger partial charge in [0.2, 0.25) is 5.56 Å².